The molecule has 0 atom stereocenters. The summed E-state index contributed by atoms with van der Waals surface area (Å²) in [6, 6.07) is 11.4. The molecule has 1 N–H and O–H groups in total. The van der Waals surface area contributed by atoms with Gasteiger partial charge in [0.05, 0.1) is 21.7 Å². The van der Waals surface area contributed by atoms with Crippen LogP contribution in [0, 0.1) is 13.8 Å². The van der Waals surface area contributed by atoms with Gasteiger partial charge in [0, 0.05) is 24.1 Å². The minimum atomic E-state index is -0.104. The Kier molecular flexibility index (Phi) is 5.15. The Morgan fingerprint density at radius 3 is 2.64 bits per heavy atom. The van der Waals surface area contributed by atoms with Gasteiger partial charge in [0.1, 0.15) is 5.82 Å². The van der Waals surface area contributed by atoms with E-state index in [1.165, 1.54) is 11.3 Å². The van der Waals surface area contributed by atoms with E-state index in [1.807, 2.05) is 62.7 Å². The first-order valence-electron chi connectivity index (χ1n) is 8.75. The summed E-state index contributed by atoms with van der Waals surface area (Å²) in [5.74, 6) is 1.50. The summed E-state index contributed by atoms with van der Waals surface area (Å²) in [6.45, 7) is 3.94. The minimum Gasteiger partial charge on any atom is -0.330 e. The number of benzene rings is 1. The van der Waals surface area contributed by atoms with E-state index in [1.54, 1.807) is 11.8 Å². The SMILES string of the molecule is Cc1cc(C)nc(SCc2nc3cc(NC(=O)c4cccs4)ccc3n2C)n1. The van der Waals surface area contributed by atoms with Crippen LogP contribution in [-0.2, 0) is 12.8 Å². The summed E-state index contributed by atoms with van der Waals surface area (Å²) in [7, 11) is 2.00. The minimum absolute atomic E-state index is 0.104. The zero-order valence-corrected chi connectivity index (χ0v) is 17.4. The number of thiophene rings is 1. The molecule has 3 heterocycles. The van der Waals surface area contributed by atoms with Gasteiger partial charge < -0.3 is 9.88 Å². The highest BCUT2D eigenvalue weighted by Crippen LogP contribution is 2.25. The molecule has 8 heteroatoms. The molecule has 4 rings (SSSR count). The number of anilines is 1. The largest absolute Gasteiger partial charge is 0.330 e. The van der Waals surface area contributed by atoms with Crippen molar-refractivity contribution in [3.63, 3.8) is 0 Å². The number of nitrogens with zero attached hydrogens (tertiary/aromatic N) is 4. The van der Waals surface area contributed by atoms with Gasteiger partial charge in [-0.1, -0.05) is 17.8 Å². The van der Waals surface area contributed by atoms with Crippen LogP contribution in [0.5, 0.6) is 0 Å². The Bertz CT molecular complexity index is 1130. The van der Waals surface area contributed by atoms with Crippen molar-refractivity contribution in [2.24, 2.45) is 7.05 Å². The molecule has 0 spiro atoms. The molecule has 28 heavy (non-hydrogen) atoms. The number of nitrogens with one attached hydrogen (secondary N) is 1. The van der Waals surface area contributed by atoms with Gasteiger partial charge in [-0.25, -0.2) is 15.0 Å². The van der Waals surface area contributed by atoms with Crippen LogP contribution >= 0.6 is 23.1 Å². The van der Waals surface area contributed by atoms with Crippen molar-refractivity contribution in [2.45, 2.75) is 24.8 Å². The predicted molar refractivity (Wildman–Crippen MR) is 114 cm³/mol. The zero-order chi connectivity index (χ0) is 19.7. The van der Waals surface area contributed by atoms with Gasteiger partial charge in [-0.2, -0.15) is 0 Å². The summed E-state index contributed by atoms with van der Waals surface area (Å²) in [5, 5.41) is 5.58. The molecule has 0 saturated carbocycles. The number of aromatic nitrogens is 4. The van der Waals surface area contributed by atoms with E-state index in [-0.39, 0.29) is 5.91 Å². The van der Waals surface area contributed by atoms with Gasteiger partial charge in [0.15, 0.2) is 5.16 Å². The normalized spacial score (nSPS) is 11.1. The number of aryl methyl sites for hydroxylation is 3. The smallest absolute Gasteiger partial charge is 0.265 e. The lowest BCUT2D eigenvalue weighted by molar-refractivity contribution is 0.103. The molecule has 0 bridgehead atoms. The fraction of sp³-hybridized carbons (Fsp3) is 0.200. The molecular weight excluding hydrogens is 390 g/mol. The van der Waals surface area contributed by atoms with Crippen molar-refractivity contribution in [1.29, 1.82) is 0 Å². The van der Waals surface area contributed by atoms with E-state index in [9.17, 15) is 4.79 Å². The Morgan fingerprint density at radius 1 is 1.14 bits per heavy atom. The monoisotopic (exact) mass is 409 g/mol. The molecule has 1 amide bonds. The van der Waals surface area contributed by atoms with Gasteiger partial charge >= 0.3 is 0 Å². The maximum Gasteiger partial charge on any atom is 0.265 e. The summed E-state index contributed by atoms with van der Waals surface area (Å²) in [4.78, 5) is 26.6. The fourth-order valence-electron chi connectivity index (χ4n) is 2.94. The summed E-state index contributed by atoms with van der Waals surface area (Å²) < 4.78 is 2.07. The molecule has 1 aromatic carbocycles. The number of rotatable bonds is 5. The molecule has 142 valence electrons. The van der Waals surface area contributed by atoms with E-state index in [0.29, 0.717) is 10.6 Å². The first kappa shape index (κ1) is 18.6. The second-order valence-corrected chi connectivity index (χ2v) is 8.33. The number of amides is 1. The van der Waals surface area contributed by atoms with Crippen molar-refractivity contribution in [2.75, 3.05) is 5.32 Å². The summed E-state index contributed by atoms with van der Waals surface area (Å²) >= 11 is 2.99. The number of fused-ring (bicyclic) bond motifs is 1. The lowest BCUT2D eigenvalue weighted by atomic mass is 10.2. The molecule has 3 aromatic heterocycles. The number of hydrogen-bond donors (Lipinski definition) is 1. The third kappa shape index (κ3) is 3.93. The maximum atomic E-state index is 12.3. The second-order valence-electron chi connectivity index (χ2n) is 6.44. The fourth-order valence-corrected chi connectivity index (χ4v) is 4.50. The van der Waals surface area contributed by atoms with Crippen LogP contribution < -0.4 is 5.32 Å². The van der Waals surface area contributed by atoms with Crippen molar-refractivity contribution in [1.82, 2.24) is 19.5 Å². The number of hydrogen-bond acceptors (Lipinski definition) is 6. The molecule has 0 radical (unpaired) electrons. The second kappa shape index (κ2) is 7.73. The van der Waals surface area contributed by atoms with Crippen LogP contribution in [0.1, 0.15) is 26.9 Å². The van der Waals surface area contributed by atoms with Crippen molar-refractivity contribution in [3.8, 4) is 0 Å². The molecule has 0 fully saturated rings. The van der Waals surface area contributed by atoms with Crippen LogP contribution in [0.3, 0.4) is 0 Å². The lowest BCUT2D eigenvalue weighted by Gasteiger charge is -2.04. The van der Waals surface area contributed by atoms with E-state index in [0.717, 1.165) is 39.1 Å². The molecule has 4 aromatic rings. The van der Waals surface area contributed by atoms with E-state index in [2.05, 4.69) is 19.9 Å². The molecular formula is C20H19N5OS2. The van der Waals surface area contributed by atoms with Crippen LogP contribution in [0.2, 0.25) is 0 Å². The topological polar surface area (TPSA) is 72.7 Å². The number of carbonyl (C=O) groups is 1. The van der Waals surface area contributed by atoms with E-state index < -0.39 is 0 Å². The van der Waals surface area contributed by atoms with Crippen LogP contribution in [0.4, 0.5) is 5.69 Å². The highest BCUT2D eigenvalue weighted by atomic mass is 32.2. The molecule has 6 nitrogen and oxygen atoms in total. The van der Waals surface area contributed by atoms with Gasteiger partial charge in [-0.05, 0) is 49.6 Å². The average Bonchev–Trinajstić information content (AvgIpc) is 3.28. The van der Waals surface area contributed by atoms with Crippen molar-refractivity contribution >= 4 is 45.7 Å². The summed E-state index contributed by atoms with van der Waals surface area (Å²) in [5.41, 5.74) is 4.53. The summed E-state index contributed by atoms with van der Waals surface area (Å²) in [6.07, 6.45) is 0. The van der Waals surface area contributed by atoms with Gasteiger partial charge in [0.2, 0.25) is 0 Å². The molecule has 0 saturated heterocycles. The quantitative estimate of drug-likeness (QED) is 0.386. The van der Waals surface area contributed by atoms with Crippen molar-refractivity contribution in [3.05, 3.63) is 63.9 Å². The Labute approximate surface area is 171 Å². The maximum absolute atomic E-state index is 12.3. The van der Waals surface area contributed by atoms with Gasteiger partial charge in [-0.3, -0.25) is 4.79 Å². The molecule has 0 unspecified atom stereocenters. The Hall–Kier alpha value is -2.71. The van der Waals surface area contributed by atoms with Crippen molar-refractivity contribution < 1.29 is 4.79 Å². The third-order valence-electron chi connectivity index (χ3n) is 4.27. The standard InChI is InChI=1S/C20H19N5OS2/c1-12-9-13(2)22-20(21-12)28-11-18-24-15-10-14(6-7-16(15)25(18)3)23-19(26)17-5-4-8-27-17/h4-10H,11H2,1-3H3,(H,23,26). The lowest BCUT2D eigenvalue weighted by Crippen LogP contribution is -2.09. The highest BCUT2D eigenvalue weighted by Gasteiger charge is 2.12. The first-order valence-corrected chi connectivity index (χ1v) is 10.6. The number of thioether (sulfide) groups is 1. The van der Waals surface area contributed by atoms with Crippen LogP contribution in [0.15, 0.2) is 46.9 Å². The van der Waals surface area contributed by atoms with E-state index >= 15 is 0 Å². The number of imidazole rings is 1. The zero-order valence-electron chi connectivity index (χ0n) is 15.8. The predicted octanol–water partition coefficient (Wildman–Crippen LogP) is 4.59. The Balaban J connectivity index is 1.53. The first-order chi connectivity index (χ1) is 13.5. The molecule has 0 aliphatic heterocycles. The number of carbonyl (C=O) groups excluding carboxylic acids is 1. The van der Waals surface area contributed by atoms with Gasteiger partial charge in [-0.15, -0.1) is 11.3 Å². The third-order valence-corrected chi connectivity index (χ3v) is 5.98. The average molecular weight is 410 g/mol. The molecule has 0 aliphatic rings. The molecule has 0 aliphatic carbocycles. The highest BCUT2D eigenvalue weighted by molar-refractivity contribution is 7.98. The van der Waals surface area contributed by atoms with Crippen LogP contribution in [-0.4, -0.2) is 25.4 Å². The Morgan fingerprint density at radius 2 is 1.93 bits per heavy atom. The van der Waals surface area contributed by atoms with Gasteiger partial charge in [0.25, 0.3) is 5.91 Å². The van der Waals surface area contributed by atoms with E-state index in [4.69, 9.17) is 4.98 Å². The van der Waals surface area contributed by atoms with Crippen LogP contribution in [0.25, 0.3) is 11.0 Å².